The van der Waals surface area contributed by atoms with Gasteiger partial charge >= 0.3 is 11.4 Å². The van der Waals surface area contributed by atoms with Crippen molar-refractivity contribution in [3.63, 3.8) is 0 Å². The smallest absolute Gasteiger partial charge is 0.353 e. The fraction of sp³-hybridized carbons (Fsp3) is 0.404. The number of para-hydroxylation sites is 2. The van der Waals surface area contributed by atoms with Crippen LogP contribution >= 0.6 is 0 Å². The number of aromatic nitrogens is 2. The number of methoxy groups -OCH3 is 1. The van der Waals surface area contributed by atoms with Gasteiger partial charge in [-0.3, -0.25) is 14.7 Å². The molecular weight excluding hydrogens is 807 g/mol. The van der Waals surface area contributed by atoms with Gasteiger partial charge in [0.15, 0.2) is 22.9 Å². The quantitative estimate of drug-likeness (QED) is 0.0433. The summed E-state index contributed by atoms with van der Waals surface area (Å²) >= 11 is 0. The molecule has 6 rings (SSSR count). The van der Waals surface area contributed by atoms with E-state index in [-0.39, 0.29) is 34.0 Å². The molecule has 0 amide bonds. The fourth-order valence-electron chi connectivity index (χ4n) is 6.95. The Morgan fingerprint density at radius 1 is 0.721 bits per heavy atom. The second kappa shape index (κ2) is 17.8. The van der Waals surface area contributed by atoms with Gasteiger partial charge in [-0.05, 0) is 71.2 Å². The highest BCUT2D eigenvalue weighted by Crippen LogP contribution is 2.47. The van der Waals surface area contributed by atoms with Crippen LogP contribution in [-0.2, 0) is 23.9 Å². The van der Waals surface area contributed by atoms with Gasteiger partial charge in [-0.15, -0.1) is 0 Å². The van der Waals surface area contributed by atoms with Crippen molar-refractivity contribution in [2.45, 2.75) is 108 Å². The maximum absolute atomic E-state index is 14.2. The maximum atomic E-state index is 14.2. The molecule has 14 heteroatoms. The Morgan fingerprint density at radius 2 is 1.23 bits per heavy atom. The Morgan fingerprint density at radius 3 is 1.74 bits per heavy atom. The van der Waals surface area contributed by atoms with E-state index in [9.17, 15) is 14.9 Å². The van der Waals surface area contributed by atoms with Crippen molar-refractivity contribution >= 4 is 22.3 Å². The summed E-state index contributed by atoms with van der Waals surface area (Å²) < 4.78 is 41.9. The summed E-state index contributed by atoms with van der Waals surface area (Å²) in [4.78, 5) is 29.6. The molecule has 1 fully saturated rings. The first-order chi connectivity index (χ1) is 28.7. The Balaban J connectivity index is 1.49. The summed E-state index contributed by atoms with van der Waals surface area (Å²) in [5, 5.41) is 11.3. The van der Waals surface area contributed by atoms with Gasteiger partial charge in [-0.2, -0.15) is 4.98 Å². The summed E-state index contributed by atoms with van der Waals surface area (Å²) in [6, 6.07) is 35.5. The lowest BCUT2D eigenvalue weighted by atomic mass is 9.80. The van der Waals surface area contributed by atoms with Gasteiger partial charge in [0.05, 0.1) is 18.6 Å². The van der Waals surface area contributed by atoms with Gasteiger partial charge in [0, 0.05) is 18.3 Å². The van der Waals surface area contributed by atoms with Gasteiger partial charge in [0.2, 0.25) is 11.6 Å². The number of benzene rings is 4. The van der Waals surface area contributed by atoms with Crippen LogP contribution in [0.5, 0.6) is 17.4 Å². The first-order valence-electron chi connectivity index (χ1n) is 20.6. The molecule has 0 unspecified atom stereocenters. The van der Waals surface area contributed by atoms with Crippen LogP contribution in [0.3, 0.4) is 0 Å². The van der Waals surface area contributed by atoms with Crippen LogP contribution in [0, 0.1) is 10.1 Å². The molecule has 61 heavy (non-hydrogen) atoms. The Hall–Kier alpha value is -4.97. The molecule has 0 aliphatic carbocycles. The Bertz CT molecular complexity index is 2290. The number of ether oxygens (including phenoxy) is 4. The number of hydrogen-bond donors (Lipinski definition) is 0. The lowest BCUT2D eigenvalue weighted by Gasteiger charge is -2.44. The van der Waals surface area contributed by atoms with Gasteiger partial charge in [-0.25, -0.2) is 4.79 Å². The van der Waals surface area contributed by atoms with E-state index in [4.69, 9.17) is 27.8 Å². The van der Waals surface area contributed by atoms with Crippen molar-refractivity contribution in [2.24, 2.45) is 0 Å². The van der Waals surface area contributed by atoms with Crippen LogP contribution in [0.15, 0.2) is 126 Å². The third kappa shape index (κ3) is 9.59. The third-order valence-electron chi connectivity index (χ3n) is 12.4. The van der Waals surface area contributed by atoms with E-state index < -0.39 is 57.4 Å². The predicted molar refractivity (Wildman–Crippen MR) is 241 cm³/mol. The van der Waals surface area contributed by atoms with Crippen molar-refractivity contribution in [3.8, 4) is 17.4 Å². The number of nitrogens with zero attached hydrogens (tertiary/aromatic N) is 3. The summed E-state index contributed by atoms with van der Waals surface area (Å²) in [7, 11) is -3.50. The zero-order valence-electron chi connectivity index (χ0n) is 37.1. The van der Waals surface area contributed by atoms with E-state index in [2.05, 4.69) is 97.0 Å². The Labute approximate surface area is 361 Å². The molecule has 1 aliphatic rings. The molecule has 2 heterocycles. The molecule has 1 aromatic heterocycles. The topological polar surface area (TPSA) is 133 Å². The van der Waals surface area contributed by atoms with Gasteiger partial charge < -0.3 is 27.8 Å². The molecule has 0 N–H and O–H groups in total. The summed E-state index contributed by atoms with van der Waals surface area (Å²) in [6.45, 7) is 21.8. The SMILES string of the molecule is COc1ccc(C(OC[C@H]2O[C@@H](n3ccc(Oc4ccccc4[N+](=O)[O-])nc3=O)[C@H](O[Si](C)(C)C(C)(C)C)[C@@H]2O[Si](C)(C)C(C)(C)C)(c2ccccc2)c2ccccc2)cc1. The van der Waals surface area contributed by atoms with Crippen molar-refractivity contribution in [1.29, 1.82) is 0 Å². The first kappa shape index (κ1) is 45.6. The lowest BCUT2D eigenvalue weighted by molar-refractivity contribution is -0.385. The van der Waals surface area contributed by atoms with Crippen LogP contribution in [0.4, 0.5) is 5.69 Å². The average Bonchev–Trinajstić information content (AvgIpc) is 3.52. The van der Waals surface area contributed by atoms with E-state index in [0.717, 1.165) is 16.7 Å². The molecule has 1 saturated heterocycles. The minimum absolute atomic E-state index is 0.0365. The molecule has 4 aromatic carbocycles. The van der Waals surface area contributed by atoms with E-state index in [1.165, 1.54) is 29.0 Å². The summed E-state index contributed by atoms with van der Waals surface area (Å²) in [6.07, 6.45) is -1.60. The second-order valence-electron chi connectivity index (χ2n) is 18.5. The molecule has 0 saturated carbocycles. The Kier molecular flexibility index (Phi) is 13.3. The standard InChI is InChI=1S/C47H59N3O9Si2/c1-45(2,3)60(8,9)58-41-39(32-55-47(33-20-14-12-15-21-33,34-22-16-13-17-23-34)35-26-28-36(54-7)29-27-35)57-43(42(41)59-61(10,11)46(4,5)6)49-31-30-40(48-44(49)51)56-38-25-19-18-24-37(38)50(52)53/h12-31,39,41-43H,32H2,1-11H3/t39-,41-,42-,43-/m1/s1. The summed E-state index contributed by atoms with van der Waals surface area (Å²) in [5.41, 5.74) is 0.661. The van der Waals surface area contributed by atoms with Gasteiger partial charge in [0.1, 0.15) is 29.7 Å². The largest absolute Gasteiger partial charge is 0.497 e. The normalized spacial score (nSPS) is 18.8. The fourth-order valence-corrected chi connectivity index (χ4v) is 9.56. The van der Waals surface area contributed by atoms with E-state index in [1.54, 1.807) is 19.2 Å². The van der Waals surface area contributed by atoms with Crippen molar-refractivity contribution in [3.05, 3.63) is 159 Å². The zero-order valence-corrected chi connectivity index (χ0v) is 39.1. The number of hydrogen-bond acceptors (Lipinski definition) is 10. The second-order valence-corrected chi connectivity index (χ2v) is 28.0. The predicted octanol–water partition coefficient (Wildman–Crippen LogP) is 10.6. The number of nitro groups is 1. The van der Waals surface area contributed by atoms with Crippen LogP contribution in [0.25, 0.3) is 0 Å². The van der Waals surface area contributed by atoms with Crippen molar-refractivity contribution in [1.82, 2.24) is 9.55 Å². The molecule has 4 atom stereocenters. The lowest BCUT2D eigenvalue weighted by Crippen LogP contribution is -2.54. The molecule has 0 radical (unpaired) electrons. The van der Waals surface area contributed by atoms with Crippen LogP contribution < -0.4 is 15.2 Å². The number of nitro benzene ring substituents is 1. The highest BCUT2D eigenvalue weighted by Gasteiger charge is 2.55. The molecule has 12 nitrogen and oxygen atoms in total. The zero-order chi connectivity index (χ0) is 44.4. The minimum atomic E-state index is -2.58. The summed E-state index contributed by atoms with van der Waals surface area (Å²) in [5.74, 6) is 0.580. The van der Waals surface area contributed by atoms with Crippen molar-refractivity contribution < 1.29 is 32.7 Å². The first-order valence-corrected chi connectivity index (χ1v) is 26.4. The van der Waals surface area contributed by atoms with E-state index in [0.29, 0.717) is 5.75 Å². The maximum Gasteiger partial charge on any atom is 0.353 e. The third-order valence-corrected chi connectivity index (χ3v) is 21.4. The van der Waals surface area contributed by atoms with Crippen LogP contribution in [-0.4, -0.2) is 63.1 Å². The van der Waals surface area contributed by atoms with Gasteiger partial charge in [-0.1, -0.05) is 126 Å². The van der Waals surface area contributed by atoms with Gasteiger partial charge in [0.25, 0.3) is 0 Å². The minimum Gasteiger partial charge on any atom is -0.497 e. The van der Waals surface area contributed by atoms with Crippen molar-refractivity contribution in [2.75, 3.05) is 13.7 Å². The van der Waals surface area contributed by atoms with E-state index >= 15 is 0 Å². The average molecular weight is 866 g/mol. The monoisotopic (exact) mass is 865 g/mol. The highest BCUT2D eigenvalue weighted by molar-refractivity contribution is 6.74. The highest BCUT2D eigenvalue weighted by atomic mass is 28.4. The molecular formula is C47H59N3O9Si2. The molecule has 0 bridgehead atoms. The number of rotatable bonds is 15. The molecule has 324 valence electrons. The molecule has 5 aromatic rings. The van der Waals surface area contributed by atoms with E-state index in [1.807, 2.05) is 60.7 Å². The van der Waals surface area contributed by atoms with Crippen LogP contribution in [0.1, 0.15) is 64.5 Å². The molecule has 1 aliphatic heterocycles. The van der Waals surface area contributed by atoms with Crippen LogP contribution in [0.2, 0.25) is 36.3 Å². The molecule has 0 spiro atoms.